The van der Waals surface area contributed by atoms with Crippen LogP contribution in [0.1, 0.15) is 18.1 Å². The molecule has 0 aliphatic rings. The highest BCUT2D eigenvalue weighted by Crippen LogP contribution is 2.20. The van der Waals surface area contributed by atoms with Gasteiger partial charge in [-0.2, -0.15) is 13.2 Å². The summed E-state index contributed by atoms with van der Waals surface area (Å²) in [6.07, 6.45) is 9.26. The molecule has 2 aromatic heterocycles. The molecule has 7 nitrogen and oxygen atoms in total. The van der Waals surface area contributed by atoms with Gasteiger partial charge in [-0.05, 0) is 6.92 Å². The quantitative estimate of drug-likeness (QED) is 0.462. The first-order valence-electron chi connectivity index (χ1n) is 6.94. The van der Waals surface area contributed by atoms with Gasteiger partial charge in [-0.15, -0.1) is 0 Å². The Balaban J connectivity index is 0.000000307. The zero-order chi connectivity index (χ0) is 18.5. The van der Waals surface area contributed by atoms with E-state index < -0.39 is 15.6 Å². The van der Waals surface area contributed by atoms with E-state index in [9.17, 15) is 13.2 Å². The van der Waals surface area contributed by atoms with Gasteiger partial charge in [0.15, 0.2) is 10.1 Å². The normalized spacial score (nSPS) is 12.0. The Morgan fingerprint density at radius 3 is 2.12 bits per heavy atom. The average molecular weight is 368 g/mol. The van der Waals surface area contributed by atoms with Gasteiger partial charge in [0.05, 0.1) is 13.6 Å². The molecule has 0 atom stereocenters. The first-order valence-corrected chi connectivity index (χ1v) is 8.35. The van der Waals surface area contributed by atoms with Gasteiger partial charge in [0.25, 0.3) is 5.82 Å². The zero-order valence-electron chi connectivity index (χ0n) is 13.5. The maximum absolute atomic E-state index is 10.7. The van der Waals surface area contributed by atoms with Gasteiger partial charge in [-0.1, -0.05) is 0 Å². The van der Waals surface area contributed by atoms with E-state index in [0.29, 0.717) is 0 Å². The second kappa shape index (κ2) is 7.79. The molecule has 11 heteroatoms. The molecule has 0 saturated carbocycles. The lowest BCUT2D eigenvalue weighted by Crippen LogP contribution is -2.29. The molecule has 0 unspecified atom stereocenters. The first-order chi connectivity index (χ1) is 10.9. The molecule has 2 aromatic rings. The fraction of sp³-hybridized carbons (Fsp3) is 0.538. The molecule has 0 bridgehead atoms. The summed E-state index contributed by atoms with van der Waals surface area (Å²) in [6, 6.07) is 0. The van der Waals surface area contributed by atoms with Crippen LogP contribution < -0.4 is 4.57 Å². The topological polar surface area (TPSA) is 83.8 Å². The molecule has 0 amide bonds. The second-order valence-corrected chi connectivity index (χ2v) is 6.44. The van der Waals surface area contributed by atoms with E-state index in [2.05, 4.69) is 45.1 Å². The minimum atomic E-state index is -6.09. The van der Waals surface area contributed by atoms with Crippen molar-refractivity contribution in [2.24, 2.45) is 7.05 Å². The van der Waals surface area contributed by atoms with Gasteiger partial charge in [-0.25, -0.2) is 22.5 Å². The molecule has 0 radical (unpaired) electrons. The minimum absolute atomic E-state index is 1.03. The SMILES string of the molecule is Cc1nccn1CCCn1cc[n+](C)c1C.O=S(=O)([O-])C(F)(F)F. The van der Waals surface area contributed by atoms with Crippen LogP contribution in [-0.2, 0) is 30.3 Å². The number of hydrogen-bond acceptors (Lipinski definition) is 4. The Morgan fingerprint density at radius 2 is 1.75 bits per heavy atom. The lowest BCUT2D eigenvalue weighted by Gasteiger charge is -2.08. The van der Waals surface area contributed by atoms with Crippen molar-refractivity contribution in [2.75, 3.05) is 0 Å². The van der Waals surface area contributed by atoms with Crippen LogP contribution >= 0.6 is 0 Å². The van der Waals surface area contributed by atoms with Crippen LogP contribution in [0, 0.1) is 13.8 Å². The molecule has 0 aliphatic carbocycles. The van der Waals surface area contributed by atoms with Crippen molar-refractivity contribution in [2.45, 2.75) is 38.9 Å². The van der Waals surface area contributed by atoms with Crippen molar-refractivity contribution >= 4 is 10.1 Å². The third-order valence-corrected chi connectivity index (χ3v) is 3.97. The Hall–Kier alpha value is -1.88. The molecule has 136 valence electrons. The number of alkyl halides is 3. The van der Waals surface area contributed by atoms with Crippen molar-refractivity contribution in [3.8, 4) is 0 Å². The summed E-state index contributed by atoms with van der Waals surface area (Å²) in [5, 5.41) is 0. The second-order valence-electron chi connectivity index (χ2n) is 5.07. The minimum Gasteiger partial charge on any atom is -0.741 e. The van der Waals surface area contributed by atoms with Crippen LogP contribution in [0.4, 0.5) is 13.2 Å². The highest BCUT2D eigenvalue weighted by Gasteiger charge is 2.36. The Kier molecular flexibility index (Phi) is 6.55. The predicted molar refractivity (Wildman–Crippen MR) is 77.7 cm³/mol. The largest absolute Gasteiger partial charge is 0.741 e. The van der Waals surface area contributed by atoms with E-state index in [1.807, 2.05) is 19.3 Å². The number of imidazole rings is 2. The lowest BCUT2D eigenvalue weighted by atomic mass is 10.4. The molecule has 0 spiro atoms. The Labute approximate surface area is 138 Å². The summed E-state index contributed by atoms with van der Waals surface area (Å²) in [5.41, 5.74) is -5.65. The van der Waals surface area contributed by atoms with Crippen LogP contribution in [0.5, 0.6) is 0 Å². The third-order valence-electron chi connectivity index (χ3n) is 3.40. The zero-order valence-corrected chi connectivity index (χ0v) is 14.3. The summed E-state index contributed by atoms with van der Waals surface area (Å²) in [6.45, 7) is 6.28. The number of aryl methyl sites for hydroxylation is 4. The molecule has 0 aromatic carbocycles. The average Bonchev–Trinajstić information content (AvgIpc) is 2.98. The smallest absolute Gasteiger partial charge is 0.485 e. The van der Waals surface area contributed by atoms with E-state index in [-0.39, 0.29) is 0 Å². The Morgan fingerprint density at radius 1 is 1.21 bits per heavy atom. The van der Waals surface area contributed by atoms with Crippen molar-refractivity contribution in [1.29, 1.82) is 0 Å². The standard InChI is InChI=1S/C12H19N4.CHF3O3S/c1-11-13-5-8-15(11)6-4-7-16-10-9-14(3)12(16)2;2-1(3,4)8(5,6)7/h5,8-10H,4,6-7H2,1-3H3;(H,5,6,7)/q+1;/p-1. The van der Waals surface area contributed by atoms with Gasteiger partial charge in [0, 0.05) is 32.3 Å². The molecule has 0 aliphatic heterocycles. The molecular formula is C13H19F3N4O3S. The van der Waals surface area contributed by atoms with Crippen molar-refractivity contribution in [3.63, 3.8) is 0 Å². The molecule has 24 heavy (non-hydrogen) atoms. The number of aromatic nitrogens is 4. The van der Waals surface area contributed by atoms with Crippen LogP contribution in [0.15, 0.2) is 24.8 Å². The summed E-state index contributed by atoms with van der Waals surface area (Å²) >= 11 is 0. The van der Waals surface area contributed by atoms with Crippen LogP contribution in [0.3, 0.4) is 0 Å². The van der Waals surface area contributed by atoms with Crippen LogP contribution in [0.25, 0.3) is 0 Å². The molecule has 0 fully saturated rings. The van der Waals surface area contributed by atoms with E-state index in [1.165, 1.54) is 5.82 Å². The third kappa shape index (κ3) is 5.64. The number of hydrogen-bond donors (Lipinski definition) is 0. The Bertz CT molecular complexity index is 766. The molecule has 2 heterocycles. The van der Waals surface area contributed by atoms with E-state index in [0.717, 1.165) is 25.3 Å². The number of nitrogens with zero attached hydrogens (tertiary/aromatic N) is 4. The first kappa shape index (κ1) is 20.2. The number of rotatable bonds is 4. The van der Waals surface area contributed by atoms with Crippen molar-refractivity contribution < 1.29 is 30.7 Å². The number of halogens is 3. The van der Waals surface area contributed by atoms with Crippen molar-refractivity contribution in [1.82, 2.24) is 14.1 Å². The summed E-state index contributed by atoms with van der Waals surface area (Å²) in [4.78, 5) is 4.22. The van der Waals surface area contributed by atoms with E-state index in [1.54, 1.807) is 0 Å². The molecule has 2 rings (SSSR count). The maximum Gasteiger partial charge on any atom is 0.485 e. The summed E-state index contributed by atoms with van der Waals surface area (Å²) in [5.74, 6) is 2.39. The molecular weight excluding hydrogens is 349 g/mol. The predicted octanol–water partition coefficient (Wildman–Crippen LogP) is 1.27. The fourth-order valence-corrected chi connectivity index (χ4v) is 1.89. The molecule has 0 N–H and O–H groups in total. The summed E-state index contributed by atoms with van der Waals surface area (Å²) in [7, 11) is -4.02. The highest BCUT2D eigenvalue weighted by atomic mass is 32.2. The van der Waals surface area contributed by atoms with Gasteiger partial charge < -0.3 is 9.12 Å². The molecule has 0 saturated heterocycles. The fourth-order valence-electron chi connectivity index (χ4n) is 1.89. The lowest BCUT2D eigenvalue weighted by molar-refractivity contribution is -0.677. The van der Waals surface area contributed by atoms with Gasteiger partial charge in [0.2, 0.25) is 0 Å². The van der Waals surface area contributed by atoms with Crippen LogP contribution in [0.2, 0.25) is 0 Å². The maximum atomic E-state index is 10.7. The monoisotopic (exact) mass is 368 g/mol. The van der Waals surface area contributed by atoms with E-state index >= 15 is 0 Å². The van der Waals surface area contributed by atoms with Crippen LogP contribution in [-0.4, -0.2) is 32.6 Å². The van der Waals surface area contributed by atoms with E-state index in [4.69, 9.17) is 13.0 Å². The van der Waals surface area contributed by atoms with Crippen molar-refractivity contribution in [3.05, 3.63) is 36.4 Å². The van der Waals surface area contributed by atoms with Gasteiger partial charge >= 0.3 is 5.51 Å². The summed E-state index contributed by atoms with van der Waals surface area (Å²) < 4.78 is 65.5. The van der Waals surface area contributed by atoms with Gasteiger partial charge in [-0.3, -0.25) is 0 Å². The van der Waals surface area contributed by atoms with Gasteiger partial charge in [0.1, 0.15) is 18.2 Å². The highest BCUT2D eigenvalue weighted by molar-refractivity contribution is 7.86.